The van der Waals surface area contributed by atoms with Crippen molar-refractivity contribution in [3.05, 3.63) is 42.0 Å². The molecule has 5 rings (SSSR count). The molecule has 8 heteroatoms. The highest BCUT2D eigenvalue weighted by molar-refractivity contribution is 5.79. The van der Waals surface area contributed by atoms with E-state index in [1.165, 1.54) is 0 Å². The van der Waals surface area contributed by atoms with Crippen LogP contribution in [0.1, 0.15) is 37.7 Å². The van der Waals surface area contributed by atoms with Crippen LogP contribution in [0.5, 0.6) is 5.75 Å². The maximum Gasteiger partial charge on any atom is 0.236 e. The van der Waals surface area contributed by atoms with Crippen molar-refractivity contribution in [3.8, 4) is 5.75 Å². The Kier molecular flexibility index (Phi) is 8.24. The van der Waals surface area contributed by atoms with Crippen LogP contribution in [0.25, 0.3) is 0 Å². The van der Waals surface area contributed by atoms with Gasteiger partial charge in [-0.3, -0.25) is 14.5 Å². The van der Waals surface area contributed by atoms with Crippen LogP contribution in [0, 0.1) is 11.8 Å². The van der Waals surface area contributed by atoms with Crippen molar-refractivity contribution in [1.29, 1.82) is 0 Å². The van der Waals surface area contributed by atoms with E-state index in [-0.39, 0.29) is 23.7 Å². The van der Waals surface area contributed by atoms with Crippen LogP contribution in [0.3, 0.4) is 0 Å². The molecular weight excluding hydrogens is 458 g/mol. The van der Waals surface area contributed by atoms with E-state index in [4.69, 9.17) is 9.47 Å². The molecule has 2 bridgehead atoms. The fraction of sp³-hybridized carbons (Fsp3) is 0.643. The molecule has 0 saturated carbocycles. The SMILES string of the molecule is O=C(C[C@@H]1CCN2C[C@@H]1/C=C\COc1ccccc1CN(C1CCOCC1)CC2=O)N1CC[C@@H](O)C1. The van der Waals surface area contributed by atoms with Crippen LogP contribution in [-0.4, -0.2) is 96.3 Å². The number of carbonyl (C=O) groups is 2. The standard InChI is InChI=1S/C28H39N3O5/c32-25-8-12-30(19-25)27(33)16-21-7-11-29-17-22(21)5-3-13-36-26-6-2-1-4-23(26)18-31(20-28(29)34)24-9-14-35-15-10-24/h1-6,21-22,24-25,32H,7-20H2/b5-3-/t21-,22-,25+/m0/s1. The first-order chi connectivity index (χ1) is 17.6. The summed E-state index contributed by atoms with van der Waals surface area (Å²) in [7, 11) is 0. The second-order valence-electron chi connectivity index (χ2n) is 10.6. The lowest BCUT2D eigenvalue weighted by Gasteiger charge is -2.40. The summed E-state index contributed by atoms with van der Waals surface area (Å²) in [6, 6.07) is 8.41. The highest BCUT2D eigenvalue weighted by Gasteiger charge is 2.35. The average Bonchev–Trinajstić information content (AvgIpc) is 3.34. The van der Waals surface area contributed by atoms with Crippen LogP contribution in [0.4, 0.5) is 0 Å². The molecule has 4 aliphatic rings. The number of aliphatic hydroxyl groups is 1. The van der Waals surface area contributed by atoms with E-state index >= 15 is 0 Å². The number of aliphatic hydroxyl groups excluding tert-OH is 1. The monoisotopic (exact) mass is 497 g/mol. The molecule has 3 atom stereocenters. The van der Waals surface area contributed by atoms with Crippen molar-refractivity contribution in [2.75, 3.05) is 52.5 Å². The molecule has 1 aromatic carbocycles. The zero-order valence-electron chi connectivity index (χ0n) is 21.1. The number of benzene rings is 1. The number of amides is 2. The topological polar surface area (TPSA) is 82.6 Å². The number of nitrogens with zero attached hydrogens (tertiary/aromatic N) is 3. The summed E-state index contributed by atoms with van der Waals surface area (Å²) < 4.78 is 11.8. The van der Waals surface area contributed by atoms with Gasteiger partial charge in [-0.25, -0.2) is 0 Å². The van der Waals surface area contributed by atoms with Crippen molar-refractivity contribution < 1.29 is 24.2 Å². The molecule has 4 heterocycles. The lowest BCUT2D eigenvalue weighted by molar-refractivity contribution is -0.137. The number of ether oxygens (including phenoxy) is 2. The maximum absolute atomic E-state index is 13.6. The molecule has 0 radical (unpaired) electrons. The molecule has 196 valence electrons. The van der Waals surface area contributed by atoms with Crippen LogP contribution in [0.2, 0.25) is 0 Å². The van der Waals surface area contributed by atoms with Crippen LogP contribution >= 0.6 is 0 Å². The smallest absolute Gasteiger partial charge is 0.236 e. The molecule has 0 aromatic heterocycles. The largest absolute Gasteiger partial charge is 0.489 e. The second kappa shape index (κ2) is 11.8. The number of carbonyl (C=O) groups excluding carboxylic acids is 2. The van der Waals surface area contributed by atoms with E-state index in [1.54, 1.807) is 4.90 Å². The van der Waals surface area contributed by atoms with Crippen molar-refractivity contribution >= 4 is 11.8 Å². The quantitative estimate of drug-likeness (QED) is 0.644. The molecule has 1 aromatic rings. The average molecular weight is 498 g/mol. The highest BCUT2D eigenvalue weighted by Crippen LogP contribution is 2.31. The van der Waals surface area contributed by atoms with Gasteiger partial charge >= 0.3 is 0 Å². The van der Waals surface area contributed by atoms with E-state index < -0.39 is 6.10 Å². The van der Waals surface area contributed by atoms with E-state index in [0.717, 1.165) is 43.8 Å². The molecule has 3 fully saturated rings. The van der Waals surface area contributed by atoms with E-state index in [2.05, 4.69) is 17.0 Å². The summed E-state index contributed by atoms with van der Waals surface area (Å²) in [5.74, 6) is 1.41. The Bertz CT molecular complexity index is 947. The minimum atomic E-state index is -0.405. The number of β-amino-alcohol motifs (C(OH)–C–C–N with tert-alkyl or cyclic N) is 1. The van der Waals surface area contributed by atoms with Gasteiger partial charge in [-0.15, -0.1) is 0 Å². The molecule has 0 unspecified atom stereocenters. The Morgan fingerprint density at radius 1 is 1.03 bits per heavy atom. The van der Waals surface area contributed by atoms with Gasteiger partial charge < -0.3 is 24.4 Å². The first kappa shape index (κ1) is 25.2. The van der Waals surface area contributed by atoms with Gasteiger partial charge in [0.2, 0.25) is 11.8 Å². The minimum absolute atomic E-state index is 0.107. The number of hydrogen-bond donors (Lipinski definition) is 1. The normalized spacial score (nSPS) is 29.5. The number of para-hydroxylation sites is 1. The Morgan fingerprint density at radius 2 is 1.86 bits per heavy atom. The van der Waals surface area contributed by atoms with Crippen LogP contribution < -0.4 is 4.74 Å². The van der Waals surface area contributed by atoms with Gasteiger partial charge in [0, 0.05) is 64.0 Å². The minimum Gasteiger partial charge on any atom is -0.489 e. The van der Waals surface area contributed by atoms with Gasteiger partial charge in [-0.2, -0.15) is 0 Å². The summed E-state index contributed by atoms with van der Waals surface area (Å²) in [4.78, 5) is 32.6. The predicted molar refractivity (Wildman–Crippen MR) is 135 cm³/mol. The third kappa shape index (κ3) is 6.10. The van der Waals surface area contributed by atoms with E-state index in [1.807, 2.05) is 29.2 Å². The summed E-state index contributed by atoms with van der Waals surface area (Å²) in [6.07, 6.45) is 7.56. The van der Waals surface area contributed by atoms with Gasteiger partial charge in [-0.1, -0.05) is 30.4 Å². The van der Waals surface area contributed by atoms with Gasteiger partial charge in [-0.05, 0) is 43.6 Å². The van der Waals surface area contributed by atoms with E-state index in [9.17, 15) is 14.7 Å². The molecular formula is C28H39N3O5. The lowest BCUT2D eigenvalue weighted by atomic mass is 9.82. The summed E-state index contributed by atoms with van der Waals surface area (Å²) in [5.41, 5.74) is 1.10. The van der Waals surface area contributed by atoms with Crippen molar-refractivity contribution in [2.24, 2.45) is 11.8 Å². The molecule has 0 spiro atoms. The second-order valence-corrected chi connectivity index (χ2v) is 10.6. The van der Waals surface area contributed by atoms with Crippen molar-refractivity contribution in [2.45, 2.75) is 50.8 Å². The highest BCUT2D eigenvalue weighted by atomic mass is 16.5. The predicted octanol–water partition coefficient (Wildman–Crippen LogP) is 2.06. The van der Waals surface area contributed by atoms with Gasteiger partial charge in [0.25, 0.3) is 0 Å². The first-order valence-electron chi connectivity index (χ1n) is 13.5. The number of fused-ring (bicyclic) bond motifs is 3. The molecule has 1 N–H and O–H groups in total. The van der Waals surface area contributed by atoms with E-state index in [0.29, 0.717) is 64.8 Å². The van der Waals surface area contributed by atoms with Crippen LogP contribution in [0.15, 0.2) is 36.4 Å². The molecule has 2 amide bonds. The zero-order valence-corrected chi connectivity index (χ0v) is 21.1. The number of hydrogen-bond acceptors (Lipinski definition) is 6. The van der Waals surface area contributed by atoms with Crippen LogP contribution in [-0.2, 0) is 20.9 Å². The summed E-state index contributed by atoms with van der Waals surface area (Å²) in [6.45, 7) is 5.34. The molecule has 8 nitrogen and oxygen atoms in total. The third-order valence-electron chi connectivity index (χ3n) is 8.22. The Morgan fingerprint density at radius 3 is 2.67 bits per heavy atom. The fourth-order valence-corrected chi connectivity index (χ4v) is 6.05. The Hall–Kier alpha value is -2.42. The lowest BCUT2D eigenvalue weighted by Crippen LogP contribution is -2.50. The number of likely N-dealkylation sites (tertiary alicyclic amines) is 1. The van der Waals surface area contributed by atoms with Crippen molar-refractivity contribution in [1.82, 2.24) is 14.7 Å². The first-order valence-corrected chi connectivity index (χ1v) is 13.5. The molecule has 36 heavy (non-hydrogen) atoms. The van der Waals surface area contributed by atoms with Gasteiger partial charge in [0.15, 0.2) is 0 Å². The third-order valence-corrected chi connectivity index (χ3v) is 8.22. The number of rotatable bonds is 3. The van der Waals surface area contributed by atoms with Crippen molar-refractivity contribution in [3.63, 3.8) is 0 Å². The maximum atomic E-state index is 13.6. The molecule has 3 saturated heterocycles. The molecule has 0 aliphatic carbocycles. The van der Waals surface area contributed by atoms with Gasteiger partial charge in [0.1, 0.15) is 12.4 Å². The number of piperidine rings is 1. The Balaban J connectivity index is 1.34. The molecule has 4 aliphatic heterocycles. The summed E-state index contributed by atoms with van der Waals surface area (Å²) >= 11 is 0. The Labute approximate surface area is 213 Å². The summed E-state index contributed by atoms with van der Waals surface area (Å²) in [5, 5.41) is 9.84. The van der Waals surface area contributed by atoms with Gasteiger partial charge in [0.05, 0.1) is 12.6 Å². The fourth-order valence-electron chi connectivity index (χ4n) is 6.05. The zero-order chi connectivity index (χ0) is 24.9.